The van der Waals surface area contributed by atoms with Gasteiger partial charge < -0.3 is 10.1 Å². The Kier molecular flexibility index (Phi) is 5.50. The van der Waals surface area contributed by atoms with Crippen LogP contribution in [0.25, 0.3) is 10.1 Å². The van der Waals surface area contributed by atoms with E-state index in [1.807, 2.05) is 37.3 Å². The zero-order chi connectivity index (χ0) is 18.5. The number of nitrogens with one attached hydrogen (secondary N) is 2. The highest BCUT2D eigenvalue weighted by molar-refractivity contribution is 7.20. The van der Waals surface area contributed by atoms with Gasteiger partial charge in [-0.05, 0) is 48.7 Å². The SMILES string of the molecule is C[C@@H](COc1ccc(C(=O)NO)cc1)NC(=O)c1cc2ccccc2s1. The Bertz CT molecular complexity index is 888. The number of carbonyl (C=O) groups is 2. The second-order valence-corrected chi connectivity index (χ2v) is 6.88. The zero-order valence-corrected chi connectivity index (χ0v) is 14.9. The van der Waals surface area contributed by atoms with Gasteiger partial charge in [0, 0.05) is 10.3 Å². The third-order valence-electron chi connectivity index (χ3n) is 3.74. The van der Waals surface area contributed by atoms with Crippen molar-refractivity contribution in [2.75, 3.05) is 6.61 Å². The van der Waals surface area contributed by atoms with Crippen molar-refractivity contribution >= 4 is 33.2 Å². The molecule has 1 aromatic heterocycles. The number of fused-ring (bicyclic) bond motifs is 1. The van der Waals surface area contributed by atoms with Gasteiger partial charge in [-0.2, -0.15) is 0 Å². The average Bonchev–Trinajstić information content (AvgIpc) is 3.10. The first-order valence-corrected chi connectivity index (χ1v) is 8.85. The first kappa shape index (κ1) is 17.9. The summed E-state index contributed by atoms with van der Waals surface area (Å²) in [5.41, 5.74) is 1.90. The third kappa shape index (κ3) is 4.19. The highest BCUT2D eigenvalue weighted by atomic mass is 32.1. The molecule has 0 aliphatic carbocycles. The largest absolute Gasteiger partial charge is 0.491 e. The van der Waals surface area contributed by atoms with Crippen LogP contribution in [0.1, 0.15) is 27.0 Å². The Morgan fingerprint density at radius 3 is 2.54 bits per heavy atom. The molecule has 7 heteroatoms. The number of amides is 2. The maximum atomic E-state index is 12.4. The Hall–Kier alpha value is -2.90. The van der Waals surface area contributed by atoms with Crippen LogP contribution in [0.15, 0.2) is 54.6 Å². The highest BCUT2D eigenvalue weighted by Crippen LogP contribution is 2.25. The van der Waals surface area contributed by atoms with Gasteiger partial charge in [-0.15, -0.1) is 11.3 Å². The molecular weight excluding hydrogens is 352 g/mol. The summed E-state index contributed by atoms with van der Waals surface area (Å²) in [4.78, 5) is 24.3. The first-order valence-electron chi connectivity index (χ1n) is 8.03. The van der Waals surface area contributed by atoms with Crippen LogP contribution in [0.5, 0.6) is 5.75 Å². The lowest BCUT2D eigenvalue weighted by Gasteiger charge is -2.14. The predicted molar refractivity (Wildman–Crippen MR) is 99.9 cm³/mol. The molecule has 0 radical (unpaired) electrons. The molecule has 134 valence electrons. The molecule has 6 nitrogen and oxygen atoms in total. The quantitative estimate of drug-likeness (QED) is 0.459. The highest BCUT2D eigenvalue weighted by Gasteiger charge is 2.13. The summed E-state index contributed by atoms with van der Waals surface area (Å²) in [5.74, 6) is -0.139. The molecule has 1 heterocycles. The van der Waals surface area contributed by atoms with Gasteiger partial charge in [0.25, 0.3) is 11.8 Å². The molecular formula is C19H18N2O4S. The number of carbonyl (C=O) groups excluding carboxylic acids is 2. The van der Waals surface area contributed by atoms with Gasteiger partial charge in [0.2, 0.25) is 0 Å². The van der Waals surface area contributed by atoms with Crippen molar-refractivity contribution in [2.45, 2.75) is 13.0 Å². The normalized spacial score (nSPS) is 11.8. The van der Waals surface area contributed by atoms with Crippen molar-refractivity contribution in [2.24, 2.45) is 0 Å². The van der Waals surface area contributed by atoms with Gasteiger partial charge in [-0.3, -0.25) is 14.8 Å². The van der Waals surface area contributed by atoms with Crippen LogP contribution in [0.3, 0.4) is 0 Å². The second-order valence-electron chi connectivity index (χ2n) is 5.80. The molecule has 3 N–H and O–H groups in total. The number of thiophene rings is 1. The molecule has 2 aromatic carbocycles. The Morgan fingerprint density at radius 2 is 1.85 bits per heavy atom. The molecule has 0 saturated carbocycles. The summed E-state index contributed by atoms with van der Waals surface area (Å²) in [6.45, 7) is 2.15. The molecule has 0 aliphatic heterocycles. The van der Waals surface area contributed by atoms with Crippen LogP contribution < -0.4 is 15.5 Å². The van der Waals surface area contributed by atoms with E-state index in [4.69, 9.17) is 9.94 Å². The van der Waals surface area contributed by atoms with E-state index in [9.17, 15) is 9.59 Å². The van der Waals surface area contributed by atoms with Crippen molar-refractivity contribution in [3.05, 3.63) is 65.0 Å². The summed E-state index contributed by atoms with van der Waals surface area (Å²) in [5, 5.41) is 12.6. The van der Waals surface area contributed by atoms with E-state index in [2.05, 4.69) is 5.32 Å². The van der Waals surface area contributed by atoms with Gasteiger partial charge in [0.15, 0.2) is 0 Å². The molecule has 0 spiro atoms. The van der Waals surface area contributed by atoms with E-state index < -0.39 is 5.91 Å². The molecule has 3 rings (SSSR count). The van der Waals surface area contributed by atoms with Crippen molar-refractivity contribution in [3.8, 4) is 5.75 Å². The number of hydrogen-bond donors (Lipinski definition) is 3. The minimum atomic E-state index is -0.583. The summed E-state index contributed by atoms with van der Waals surface area (Å²) in [7, 11) is 0. The monoisotopic (exact) mass is 370 g/mol. The molecule has 0 saturated heterocycles. The van der Waals surface area contributed by atoms with E-state index in [0.29, 0.717) is 22.8 Å². The van der Waals surface area contributed by atoms with Crippen LogP contribution in [-0.2, 0) is 0 Å². The van der Waals surface area contributed by atoms with Crippen molar-refractivity contribution in [3.63, 3.8) is 0 Å². The summed E-state index contributed by atoms with van der Waals surface area (Å²) >= 11 is 1.46. The Balaban J connectivity index is 1.54. The fraction of sp³-hybridized carbons (Fsp3) is 0.158. The van der Waals surface area contributed by atoms with Crippen LogP contribution >= 0.6 is 11.3 Å². The van der Waals surface area contributed by atoms with Crippen LogP contribution in [0.4, 0.5) is 0 Å². The predicted octanol–water partition coefficient (Wildman–Crippen LogP) is 3.22. The number of rotatable bonds is 6. The maximum absolute atomic E-state index is 12.4. The molecule has 26 heavy (non-hydrogen) atoms. The Morgan fingerprint density at radius 1 is 1.12 bits per heavy atom. The Labute approximate surface area is 154 Å². The van der Waals surface area contributed by atoms with Crippen molar-refractivity contribution in [1.29, 1.82) is 0 Å². The molecule has 0 unspecified atom stereocenters. The van der Waals surface area contributed by atoms with Crippen LogP contribution in [-0.4, -0.2) is 29.7 Å². The average molecular weight is 370 g/mol. The van der Waals surface area contributed by atoms with Gasteiger partial charge in [0.1, 0.15) is 12.4 Å². The van der Waals surface area contributed by atoms with Crippen molar-refractivity contribution < 1.29 is 19.5 Å². The van der Waals surface area contributed by atoms with Gasteiger partial charge in [0.05, 0.1) is 10.9 Å². The molecule has 3 aromatic rings. The third-order valence-corrected chi connectivity index (χ3v) is 4.86. The summed E-state index contributed by atoms with van der Waals surface area (Å²) in [6.07, 6.45) is 0. The molecule has 0 aliphatic rings. The first-order chi connectivity index (χ1) is 12.6. The van der Waals surface area contributed by atoms with Gasteiger partial charge >= 0.3 is 0 Å². The van der Waals surface area contributed by atoms with E-state index in [1.54, 1.807) is 29.7 Å². The topological polar surface area (TPSA) is 87.7 Å². The van der Waals surface area contributed by atoms with Gasteiger partial charge in [-0.25, -0.2) is 5.48 Å². The molecule has 0 bridgehead atoms. The lowest BCUT2D eigenvalue weighted by atomic mass is 10.2. The molecule has 0 fully saturated rings. The van der Waals surface area contributed by atoms with E-state index in [1.165, 1.54) is 11.3 Å². The number of hydrogen-bond acceptors (Lipinski definition) is 5. The number of hydroxylamine groups is 1. The van der Waals surface area contributed by atoms with Gasteiger partial charge in [-0.1, -0.05) is 18.2 Å². The second kappa shape index (κ2) is 7.99. The standard InChI is InChI=1S/C19H18N2O4S/c1-12(11-25-15-8-6-13(7-9-15)18(22)21-24)20-19(23)17-10-14-4-2-3-5-16(14)26-17/h2-10,12,24H,11H2,1H3,(H,20,23)(H,21,22)/t12-/m0/s1. The minimum Gasteiger partial charge on any atom is -0.491 e. The fourth-order valence-corrected chi connectivity index (χ4v) is 3.38. The van der Waals surface area contributed by atoms with Crippen LogP contribution in [0.2, 0.25) is 0 Å². The fourth-order valence-electron chi connectivity index (χ4n) is 2.42. The van der Waals surface area contributed by atoms with E-state index in [-0.39, 0.29) is 11.9 Å². The summed E-state index contributed by atoms with van der Waals surface area (Å²) in [6, 6.07) is 15.9. The lowest BCUT2D eigenvalue weighted by molar-refractivity contribution is 0.0706. The van der Waals surface area contributed by atoms with E-state index >= 15 is 0 Å². The van der Waals surface area contributed by atoms with Crippen LogP contribution in [0, 0.1) is 0 Å². The summed E-state index contributed by atoms with van der Waals surface area (Å²) < 4.78 is 6.70. The van der Waals surface area contributed by atoms with E-state index in [0.717, 1.165) is 10.1 Å². The lowest BCUT2D eigenvalue weighted by Crippen LogP contribution is -2.36. The number of benzene rings is 2. The number of ether oxygens (including phenoxy) is 1. The minimum absolute atomic E-state index is 0.128. The molecule has 2 amide bonds. The maximum Gasteiger partial charge on any atom is 0.274 e. The smallest absolute Gasteiger partial charge is 0.274 e. The van der Waals surface area contributed by atoms with Crippen molar-refractivity contribution in [1.82, 2.24) is 10.8 Å². The molecule has 1 atom stereocenters. The zero-order valence-electron chi connectivity index (χ0n) is 14.1.